The maximum atomic E-state index is 5.62. The Bertz CT molecular complexity index is 159. The third-order valence-corrected chi connectivity index (χ3v) is 1.48. The summed E-state index contributed by atoms with van der Waals surface area (Å²) >= 11 is 0. The highest BCUT2D eigenvalue weighted by Crippen LogP contribution is 2.06. The molecule has 0 heterocycles. The Morgan fingerprint density at radius 1 is 1.00 bits per heavy atom. The van der Waals surface area contributed by atoms with E-state index in [1.165, 1.54) is 5.57 Å². The summed E-state index contributed by atoms with van der Waals surface area (Å²) in [5.74, 6) is 0. The normalized spacial score (nSPS) is 24.7. The Labute approximate surface area is 82.7 Å². The summed E-state index contributed by atoms with van der Waals surface area (Å²) in [7, 11) is 0. The van der Waals surface area contributed by atoms with Gasteiger partial charge in [-0.25, -0.2) is 0 Å². The first kappa shape index (κ1) is 14.9. The standard InChI is InChI=1S/C7H12N2.2C2H6/c1-5-2-3-6(8)7(9)4-5;2*1-2/h2-4,6-7H,8-9H2,1H3;2*1-2H3. The molecule has 2 unspecified atom stereocenters. The molecule has 0 aromatic carbocycles. The van der Waals surface area contributed by atoms with Crippen LogP contribution in [0, 0.1) is 0 Å². The average molecular weight is 184 g/mol. The van der Waals surface area contributed by atoms with Crippen molar-refractivity contribution in [3.05, 3.63) is 23.8 Å². The van der Waals surface area contributed by atoms with Gasteiger partial charge >= 0.3 is 0 Å². The number of rotatable bonds is 0. The van der Waals surface area contributed by atoms with Crippen molar-refractivity contribution in [1.29, 1.82) is 0 Å². The molecule has 4 N–H and O–H groups in total. The second kappa shape index (κ2) is 9.49. The monoisotopic (exact) mass is 184 g/mol. The molecular weight excluding hydrogens is 160 g/mol. The minimum atomic E-state index is 0.00806. The van der Waals surface area contributed by atoms with Gasteiger partial charge in [-0.1, -0.05) is 51.5 Å². The van der Waals surface area contributed by atoms with Gasteiger partial charge < -0.3 is 11.5 Å². The van der Waals surface area contributed by atoms with E-state index in [4.69, 9.17) is 11.5 Å². The molecule has 0 spiro atoms. The minimum Gasteiger partial charge on any atom is -0.323 e. The van der Waals surface area contributed by atoms with Crippen molar-refractivity contribution < 1.29 is 0 Å². The SMILES string of the molecule is CC.CC.CC1=CC(N)C(N)C=C1. The van der Waals surface area contributed by atoms with Crippen LogP contribution in [0.15, 0.2) is 23.8 Å². The molecule has 0 saturated heterocycles. The molecule has 2 atom stereocenters. The minimum absolute atomic E-state index is 0.00806. The third kappa shape index (κ3) is 6.55. The molecule has 1 aliphatic rings. The van der Waals surface area contributed by atoms with E-state index < -0.39 is 0 Å². The van der Waals surface area contributed by atoms with Gasteiger partial charge in [-0.2, -0.15) is 0 Å². The zero-order valence-electron chi connectivity index (χ0n) is 9.54. The van der Waals surface area contributed by atoms with Crippen molar-refractivity contribution in [3.8, 4) is 0 Å². The quantitative estimate of drug-likeness (QED) is 0.606. The van der Waals surface area contributed by atoms with Crippen molar-refractivity contribution in [2.24, 2.45) is 11.5 Å². The summed E-state index contributed by atoms with van der Waals surface area (Å²) in [4.78, 5) is 0. The fraction of sp³-hybridized carbons (Fsp3) is 0.636. The second-order valence-electron chi connectivity index (χ2n) is 2.42. The van der Waals surface area contributed by atoms with E-state index in [0.29, 0.717) is 0 Å². The number of hydrogen-bond acceptors (Lipinski definition) is 2. The molecule has 78 valence electrons. The van der Waals surface area contributed by atoms with Gasteiger partial charge in [-0.3, -0.25) is 0 Å². The Hall–Kier alpha value is -0.600. The van der Waals surface area contributed by atoms with Crippen molar-refractivity contribution in [2.45, 2.75) is 46.7 Å². The molecule has 1 rings (SSSR count). The maximum Gasteiger partial charge on any atom is 0.0420 e. The van der Waals surface area contributed by atoms with Crippen LogP contribution in [0.3, 0.4) is 0 Å². The van der Waals surface area contributed by atoms with Crippen molar-refractivity contribution in [3.63, 3.8) is 0 Å². The first-order valence-corrected chi connectivity index (χ1v) is 5.08. The van der Waals surface area contributed by atoms with Gasteiger partial charge in [0.15, 0.2) is 0 Å². The first-order valence-electron chi connectivity index (χ1n) is 5.08. The van der Waals surface area contributed by atoms with E-state index in [-0.39, 0.29) is 12.1 Å². The van der Waals surface area contributed by atoms with Gasteiger partial charge in [0.1, 0.15) is 0 Å². The Balaban J connectivity index is 0. The highest BCUT2D eigenvalue weighted by Gasteiger charge is 2.09. The van der Waals surface area contributed by atoms with Crippen molar-refractivity contribution in [1.82, 2.24) is 0 Å². The summed E-state index contributed by atoms with van der Waals surface area (Å²) in [5.41, 5.74) is 12.4. The van der Waals surface area contributed by atoms with Crippen LogP contribution >= 0.6 is 0 Å². The van der Waals surface area contributed by atoms with Gasteiger partial charge in [-0.15, -0.1) is 0 Å². The van der Waals surface area contributed by atoms with Crippen molar-refractivity contribution >= 4 is 0 Å². The molecule has 1 aliphatic carbocycles. The molecule has 0 aromatic heterocycles. The van der Waals surface area contributed by atoms with E-state index in [1.54, 1.807) is 0 Å². The zero-order valence-corrected chi connectivity index (χ0v) is 9.54. The number of hydrogen-bond donors (Lipinski definition) is 2. The lowest BCUT2D eigenvalue weighted by atomic mass is 10.0. The second-order valence-corrected chi connectivity index (χ2v) is 2.42. The molecule has 0 aliphatic heterocycles. The van der Waals surface area contributed by atoms with Crippen LogP contribution in [0.5, 0.6) is 0 Å². The zero-order chi connectivity index (χ0) is 10.9. The first-order chi connectivity index (χ1) is 6.20. The van der Waals surface area contributed by atoms with Crippen LogP contribution in [0.4, 0.5) is 0 Å². The fourth-order valence-corrected chi connectivity index (χ4v) is 0.861. The molecule has 2 heteroatoms. The van der Waals surface area contributed by atoms with Gasteiger partial charge in [-0.05, 0) is 6.92 Å². The van der Waals surface area contributed by atoms with Crippen LogP contribution in [0.2, 0.25) is 0 Å². The summed E-state index contributed by atoms with van der Waals surface area (Å²) in [6.45, 7) is 10.0. The summed E-state index contributed by atoms with van der Waals surface area (Å²) in [6, 6.07) is 0.0173. The molecule has 0 aromatic rings. The van der Waals surface area contributed by atoms with Crippen LogP contribution in [0.25, 0.3) is 0 Å². The molecule has 13 heavy (non-hydrogen) atoms. The third-order valence-electron chi connectivity index (χ3n) is 1.48. The van der Waals surface area contributed by atoms with E-state index in [0.717, 1.165) is 0 Å². The number of nitrogens with two attached hydrogens (primary N) is 2. The predicted octanol–water partition coefficient (Wildman–Crippen LogP) is 2.21. The summed E-state index contributed by atoms with van der Waals surface area (Å²) in [5, 5.41) is 0. The molecule has 0 bridgehead atoms. The lowest BCUT2D eigenvalue weighted by molar-refractivity contribution is 0.694. The van der Waals surface area contributed by atoms with E-state index in [1.807, 2.05) is 52.8 Å². The van der Waals surface area contributed by atoms with Crippen LogP contribution < -0.4 is 11.5 Å². The molecular formula is C11H24N2. The summed E-state index contributed by atoms with van der Waals surface area (Å²) in [6.07, 6.45) is 5.90. The average Bonchev–Trinajstić information content (AvgIpc) is 2.18. The Kier molecular flexibility index (Phi) is 10.9. The lowest BCUT2D eigenvalue weighted by Crippen LogP contribution is -2.39. The van der Waals surface area contributed by atoms with Crippen molar-refractivity contribution in [2.75, 3.05) is 0 Å². The smallest absolute Gasteiger partial charge is 0.0420 e. The highest BCUT2D eigenvalue weighted by atomic mass is 14.8. The van der Waals surface area contributed by atoms with Crippen LogP contribution in [-0.4, -0.2) is 12.1 Å². The van der Waals surface area contributed by atoms with Crippen LogP contribution in [-0.2, 0) is 0 Å². The summed E-state index contributed by atoms with van der Waals surface area (Å²) < 4.78 is 0. The maximum absolute atomic E-state index is 5.62. The van der Waals surface area contributed by atoms with E-state index in [9.17, 15) is 0 Å². The molecule has 2 nitrogen and oxygen atoms in total. The van der Waals surface area contributed by atoms with E-state index in [2.05, 4.69) is 0 Å². The Morgan fingerprint density at radius 3 is 1.77 bits per heavy atom. The van der Waals surface area contributed by atoms with E-state index >= 15 is 0 Å². The molecule has 0 amide bonds. The number of allylic oxidation sites excluding steroid dienone is 2. The lowest BCUT2D eigenvalue weighted by Gasteiger charge is -2.16. The van der Waals surface area contributed by atoms with Gasteiger partial charge in [0.05, 0.1) is 0 Å². The highest BCUT2D eigenvalue weighted by molar-refractivity contribution is 5.26. The topological polar surface area (TPSA) is 52.0 Å². The molecule has 0 radical (unpaired) electrons. The molecule has 0 saturated carbocycles. The van der Waals surface area contributed by atoms with Crippen LogP contribution in [0.1, 0.15) is 34.6 Å². The van der Waals surface area contributed by atoms with Gasteiger partial charge in [0.2, 0.25) is 0 Å². The fourth-order valence-electron chi connectivity index (χ4n) is 0.861. The Morgan fingerprint density at radius 2 is 1.46 bits per heavy atom. The molecule has 0 fully saturated rings. The van der Waals surface area contributed by atoms with Gasteiger partial charge in [0, 0.05) is 12.1 Å². The largest absolute Gasteiger partial charge is 0.323 e. The predicted molar refractivity (Wildman–Crippen MR) is 61.5 cm³/mol. The van der Waals surface area contributed by atoms with Gasteiger partial charge in [0.25, 0.3) is 0 Å².